The summed E-state index contributed by atoms with van der Waals surface area (Å²) in [6, 6.07) is 7.43. The van der Waals surface area contributed by atoms with Crippen LogP contribution < -0.4 is 10.6 Å². The van der Waals surface area contributed by atoms with Crippen LogP contribution in [0.1, 0.15) is 25.3 Å². The Morgan fingerprint density at radius 2 is 2.00 bits per heavy atom. The summed E-state index contributed by atoms with van der Waals surface area (Å²) in [6.45, 7) is 2.16. The number of halogens is 1. The van der Waals surface area contributed by atoms with Gasteiger partial charge in [0.15, 0.2) is 0 Å². The largest absolute Gasteiger partial charge is 0.350 e. The van der Waals surface area contributed by atoms with Gasteiger partial charge in [0.25, 0.3) is 0 Å². The predicted molar refractivity (Wildman–Crippen MR) is 112 cm³/mol. The zero-order chi connectivity index (χ0) is 22.4. The van der Waals surface area contributed by atoms with Crippen LogP contribution in [0.2, 0.25) is 0 Å². The maximum atomic E-state index is 13.1. The molecule has 2 aromatic rings. The monoisotopic (exact) mass is 448 g/mol. The van der Waals surface area contributed by atoms with E-state index in [9.17, 15) is 22.4 Å². The van der Waals surface area contributed by atoms with Crippen LogP contribution in [0.25, 0.3) is 0 Å². The third-order valence-corrected chi connectivity index (χ3v) is 7.03. The van der Waals surface area contributed by atoms with E-state index in [1.54, 1.807) is 25.4 Å². The van der Waals surface area contributed by atoms with Gasteiger partial charge in [-0.25, -0.2) is 12.8 Å². The van der Waals surface area contributed by atoms with E-state index in [1.165, 1.54) is 16.4 Å². The molecule has 0 spiro atoms. The quantitative estimate of drug-likeness (QED) is 0.666. The number of aromatic nitrogens is 1. The van der Waals surface area contributed by atoms with Crippen molar-refractivity contribution in [3.8, 4) is 0 Å². The van der Waals surface area contributed by atoms with Crippen molar-refractivity contribution in [2.45, 2.75) is 37.2 Å². The van der Waals surface area contributed by atoms with Gasteiger partial charge < -0.3 is 10.6 Å². The number of hydrogen-bond acceptors (Lipinski definition) is 5. The van der Waals surface area contributed by atoms with Gasteiger partial charge in [-0.1, -0.05) is 6.07 Å². The molecule has 2 amide bonds. The molecule has 0 radical (unpaired) electrons. The first-order valence-corrected chi connectivity index (χ1v) is 11.4. The van der Waals surface area contributed by atoms with E-state index < -0.39 is 27.8 Å². The zero-order valence-electron chi connectivity index (χ0n) is 17.1. The van der Waals surface area contributed by atoms with E-state index in [0.717, 1.165) is 17.7 Å². The molecule has 1 saturated heterocycles. The zero-order valence-corrected chi connectivity index (χ0v) is 17.9. The summed E-state index contributed by atoms with van der Waals surface area (Å²) in [7, 11) is -3.83. The minimum Gasteiger partial charge on any atom is -0.350 e. The van der Waals surface area contributed by atoms with Gasteiger partial charge in [0.05, 0.1) is 10.8 Å². The average molecular weight is 449 g/mol. The Kier molecular flexibility index (Phi) is 7.34. The minimum absolute atomic E-state index is 0.00949. The lowest BCUT2D eigenvalue weighted by Crippen LogP contribution is -2.50. The summed E-state index contributed by atoms with van der Waals surface area (Å²) in [5.41, 5.74) is 0.836. The molecule has 1 aromatic heterocycles. The Hall–Kier alpha value is -2.85. The SMILES string of the molecule is C[C@@H](NC(=O)[C@H]1CCCN(S(=O)(=O)c2ccc(F)cc2)C1)C(=O)NCc1cccnc1. The van der Waals surface area contributed by atoms with Gasteiger partial charge in [-0.05, 0) is 55.7 Å². The number of rotatable bonds is 7. The highest BCUT2D eigenvalue weighted by Crippen LogP contribution is 2.24. The number of piperidine rings is 1. The van der Waals surface area contributed by atoms with E-state index in [4.69, 9.17) is 0 Å². The van der Waals surface area contributed by atoms with E-state index >= 15 is 0 Å². The van der Waals surface area contributed by atoms with Crippen molar-refractivity contribution < 1.29 is 22.4 Å². The number of amides is 2. The molecule has 2 atom stereocenters. The lowest BCUT2D eigenvalue weighted by molar-refractivity contribution is -0.131. The normalized spacial score (nSPS) is 18.2. The van der Waals surface area contributed by atoms with Crippen molar-refractivity contribution >= 4 is 21.8 Å². The van der Waals surface area contributed by atoms with Crippen LogP contribution >= 0.6 is 0 Å². The summed E-state index contributed by atoms with van der Waals surface area (Å²) in [4.78, 5) is 28.9. The van der Waals surface area contributed by atoms with Crippen molar-refractivity contribution in [1.29, 1.82) is 0 Å². The van der Waals surface area contributed by atoms with Gasteiger partial charge in [0.1, 0.15) is 11.9 Å². The molecule has 8 nitrogen and oxygen atoms in total. The third kappa shape index (κ3) is 5.86. The van der Waals surface area contributed by atoms with Gasteiger partial charge in [0, 0.05) is 32.0 Å². The van der Waals surface area contributed by atoms with E-state index in [-0.39, 0.29) is 29.8 Å². The second-order valence-corrected chi connectivity index (χ2v) is 9.40. The highest BCUT2D eigenvalue weighted by molar-refractivity contribution is 7.89. The van der Waals surface area contributed by atoms with E-state index in [0.29, 0.717) is 19.4 Å². The molecule has 0 aliphatic carbocycles. The molecule has 0 saturated carbocycles. The van der Waals surface area contributed by atoms with Crippen LogP contribution in [0.4, 0.5) is 4.39 Å². The minimum atomic E-state index is -3.83. The first-order chi connectivity index (χ1) is 14.8. The number of nitrogens with zero attached hydrogens (tertiary/aromatic N) is 2. The van der Waals surface area contributed by atoms with Crippen LogP contribution in [0.5, 0.6) is 0 Å². The topological polar surface area (TPSA) is 108 Å². The number of benzene rings is 1. The Morgan fingerprint density at radius 3 is 2.68 bits per heavy atom. The van der Waals surface area contributed by atoms with Gasteiger partial charge >= 0.3 is 0 Å². The summed E-state index contributed by atoms with van der Waals surface area (Å²) < 4.78 is 40.0. The molecule has 0 bridgehead atoms. The standard InChI is InChI=1S/C21H25FN4O4S/c1-15(20(27)24-13-16-4-2-10-23-12-16)25-21(28)17-5-3-11-26(14-17)31(29,30)19-8-6-18(22)7-9-19/h2,4,6-10,12,15,17H,3,5,11,13-14H2,1H3,(H,24,27)(H,25,28)/t15-,17+/m1/s1. The third-order valence-electron chi connectivity index (χ3n) is 5.15. The van der Waals surface area contributed by atoms with E-state index in [1.807, 2.05) is 6.07 Å². The molecule has 2 heterocycles. The van der Waals surface area contributed by atoms with Crippen LogP contribution in [0.15, 0.2) is 53.7 Å². The molecule has 3 rings (SSSR count). The summed E-state index contributed by atoms with van der Waals surface area (Å²) in [6.07, 6.45) is 4.31. The fourth-order valence-electron chi connectivity index (χ4n) is 3.37. The Balaban J connectivity index is 1.56. The summed E-state index contributed by atoms with van der Waals surface area (Å²) in [5.74, 6) is -1.81. The molecule has 1 aliphatic heterocycles. The van der Waals surface area contributed by atoms with Gasteiger partial charge in [-0.3, -0.25) is 14.6 Å². The first kappa shape index (κ1) is 22.8. The highest BCUT2D eigenvalue weighted by atomic mass is 32.2. The molecule has 0 unspecified atom stereocenters. The molecule has 31 heavy (non-hydrogen) atoms. The maximum absolute atomic E-state index is 13.1. The van der Waals surface area contributed by atoms with Crippen molar-refractivity contribution in [2.75, 3.05) is 13.1 Å². The maximum Gasteiger partial charge on any atom is 0.243 e. The lowest BCUT2D eigenvalue weighted by Gasteiger charge is -2.31. The van der Waals surface area contributed by atoms with Gasteiger partial charge in [-0.2, -0.15) is 4.31 Å². The smallest absolute Gasteiger partial charge is 0.243 e. The van der Waals surface area contributed by atoms with Crippen molar-refractivity contribution in [2.24, 2.45) is 5.92 Å². The Labute approximate surface area is 180 Å². The first-order valence-electron chi connectivity index (χ1n) is 10.00. The summed E-state index contributed by atoms with van der Waals surface area (Å²) >= 11 is 0. The van der Waals surface area contributed by atoms with Crippen LogP contribution in [0.3, 0.4) is 0 Å². The number of carbonyl (C=O) groups excluding carboxylic acids is 2. The fourth-order valence-corrected chi connectivity index (χ4v) is 4.90. The van der Waals surface area contributed by atoms with Crippen LogP contribution in [0, 0.1) is 11.7 Å². The van der Waals surface area contributed by atoms with E-state index in [2.05, 4.69) is 15.6 Å². The molecule has 1 aromatic carbocycles. The molecule has 2 N–H and O–H groups in total. The molecule has 10 heteroatoms. The molecule has 1 fully saturated rings. The number of hydrogen-bond donors (Lipinski definition) is 2. The number of pyridine rings is 1. The van der Waals surface area contributed by atoms with Gasteiger partial charge in [0.2, 0.25) is 21.8 Å². The highest BCUT2D eigenvalue weighted by Gasteiger charge is 2.34. The fraction of sp³-hybridized carbons (Fsp3) is 0.381. The number of sulfonamides is 1. The Bertz CT molecular complexity index is 1020. The predicted octanol–water partition coefficient (Wildman–Crippen LogP) is 1.44. The van der Waals surface area contributed by atoms with Crippen molar-refractivity contribution in [3.63, 3.8) is 0 Å². The van der Waals surface area contributed by atoms with Crippen LogP contribution in [-0.4, -0.2) is 48.7 Å². The summed E-state index contributed by atoms with van der Waals surface area (Å²) in [5, 5.41) is 5.40. The van der Waals surface area contributed by atoms with Crippen molar-refractivity contribution in [3.05, 3.63) is 60.2 Å². The second kappa shape index (κ2) is 9.97. The molecule has 1 aliphatic rings. The number of carbonyl (C=O) groups is 2. The molecular weight excluding hydrogens is 423 g/mol. The number of nitrogens with one attached hydrogen (secondary N) is 2. The Morgan fingerprint density at radius 1 is 1.26 bits per heavy atom. The molecule has 166 valence electrons. The molecular formula is C21H25FN4O4S. The van der Waals surface area contributed by atoms with Crippen LogP contribution in [-0.2, 0) is 26.2 Å². The van der Waals surface area contributed by atoms with Gasteiger partial charge in [-0.15, -0.1) is 0 Å². The lowest BCUT2D eigenvalue weighted by atomic mass is 9.98. The average Bonchev–Trinajstić information content (AvgIpc) is 2.78. The van der Waals surface area contributed by atoms with Crippen molar-refractivity contribution in [1.82, 2.24) is 19.9 Å². The second-order valence-electron chi connectivity index (χ2n) is 7.47.